The number of aliphatic imine (C=N–C) groups is 1. The van der Waals surface area contributed by atoms with Crippen LogP contribution in [0.1, 0.15) is 0 Å². The third-order valence-electron chi connectivity index (χ3n) is 2.53. The maximum atomic E-state index is 9.69. The van der Waals surface area contributed by atoms with Gasteiger partial charge in [0.15, 0.2) is 0 Å². The summed E-state index contributed by atoms with van der Waals surface area (Å²) in [7, 11) is 0. The van der Waals surface area contributed by atoms with Crippen molar-refractivity contribution in [2.24, 2.45) is 10.7 Å². The molecule has 0 aromatic heterocycles. The Hall–Kier alpha value is -1.15. The molecule has 0 spiro atoms. The van der Waals surface area contributed by atoms with Crippen molar-refractivity contribution in [3.63, 3.8) is 0 Å². The van der Waals surface area contributed by atoms with Gasteiger partial charge in [-0.3, -0.25) is 0 Å². The van der Waals surface area contributed by atoms with Crippen LogP contribution in [0.4, 0.5) is 0 Å². The van der Waals surface area contributed by atoms with Crippen LogP contribution in [0.2, 0.25) is 0 Å². The zero-order valence-corrected chi connectivity index (χ0v) is 8.78. The molecule has 0 saturated carbocycles. The van der Waals surface area contributed by atoms with Crippen molar-refractivity contribution in [2.45, 2.75) is 18.7 Å². The Kier molecular flexibility index (Phi) is 3.39. The Morgan fingerprint density at radius 2 is 2.44 bits per heavy atom. The van der Waals surface area contributed by atoms with Gasteiger partial charge in [-0.2, -0.15) is 0 Å². The van der Waals surface area contributed by atoms with Crippen molar-refractivity contribution < 1.29 is 14.9 Å². The molecule has 7 heteroatoms. The number of amidine groups is 1. The molecule has 2 rings (SSSR count). The van der Waals surface area contributed by atoms with Crippen LogP contribution >= 0.6 is 0 Å². The van der Waals surface area contributed by atoms with Crippen molar-refractivity contribution in [1.82, 2.24) is 10.2 Å². The van der Waals surface area contributed by atoms with Gasteiger partial charge in [0.05, 0.1) is 12.7 Å². The second kappa shape index (κ2) is 4.79. The Bertz CT molecular complexity index is 307. The normalized spacial score (nSPS) is 35.0. The average molecular weight is 228 g/mol. The molecule has 0 aromatic carbocycles. The van der Waals surface area contributed by atoms with E-state index in [1.165, 1.54) is 0 Å². The fraction of sp³-hybridized carbons (Fsp3) is 0.667. The molecule has 0 radical (unpaired) electrons. The molecule has 1 fully saturated rings. The molecule has 2 aliphatic heterocycles. The lowest BCUT2D eigenvalue weighted by molar-refractivity contribution is -0.153. The lowest BCUT2D eigenvalue weighted by atomic mass is 10.3. The van der Waals surface area contributed by atoms with Crippen LogP contribution in [0, 0.1) is 0 Å². The number of morpholine rings is 1. The lowest BCUT2D eigenvalue weighted by Crippen LogP contribution is -2.55. The summed E-state index contributed by atoms with van der Waals surface area (Å²) < 4.78 is 5.57. The number of hydrogen-bond acceptors (Lipinski definition) is 7. The summed E-state index contributed by atoms with van der Waals surface area (Å²) in [5.41, 5.74) is 5.45. The van der Waals surface area contributed by atoms with Crippen molar-refractivity contribution in [3.8, 4) is 0 Å². The minimum atomic E-state index is -1.03. The standard InChI is InChI=1S/C9H16N4O3/c10-7-1-2-13(9(15)12-7)8-4-11-3-6(5-14)16-8/h1-2,6,8-9,11,14-15H,3-5H2,(H2,10,12)/t6-,8?,9?/m0/s1. The molecule has 0 amide bonds. The van der Waals surface area contributed by atoms with E-state index in [2.05, 4.69) is 10.3 Å². The van der Waals surface area contributed by atoms with Crippen molar-refractivity contribution in [3.05, 3.63) is 12.3 Å². The number of nitrogens with one attached hydrogen (secondary N) is 1. The van der Waals surface area contributed by atoms with Gasteiger partial charge in [-0.1, -0.05) is 0 Å². The molecule has 2 heterocycles. The minimum Gasteiger partial charge on any atom is -0.394 e. The predicted molar refractivity (Wildman–Crippen MR) is 57.2 cm³/mol. The fourth-order valence-corrected chi connectivity index (χ4v) is 1.70. The number of ether oxygens (including phenoxy) is 1. The molecule has 2 aliphatic rings. The van der Waals surface area contributed by atoms with E-state index in [4.69, 9.17) is 15.6 Å². The third kappa shape index (κ3) is 2.33. The van der Waals surface area contributed by atoms with Gasteiger partial charge in [0.25, 0.3) is 0 Å². The molecule has 0 bridgehead atoms. The smallest absolute Gasteiger partial charge is 0.229 e. The highest BCUT2D eigenvalue weighted by molar-refractivity contribution is 5.91. The maximum Gasteiger partial charge on any atom is 0.229 e. The highest BCUT2D eigenvalue weighted by Gasteiger charge is 2.29. The minimum absolute atomic E-state index is 0.0530. The number of aliphatic hydroxyl groups is 2. The van der Waals surface area contributed by atoms with Crippen LogP contribution in [0.25, 0.3) is 0 Å². The predicted octanol–water partition coefficient (Wildman–Crippen LogP) is -2.24. The third-order valence-corrected chi connectivity index (χ3v) is 2.53. The number of nitrogens with zero attached hydrogens (tertiary/aromatic N) is 2. The summed E-state index contributed by atoms with van der Waals surface area (Å²) in [5.74, 6) is 0.284. The van der Waals surface area contributed by atoms with Crippen LogP contribution in [-0.2, 0) is 4.74 Å². The summed E-state index contributed by atoms with van der Waals surface area (Å²) in [5, 5.41) is 21.8. The highest BCUT2D eigenvalue weighted by atomic mass is 16.5. The molecule has 16 heavy (non-hydrogen) atoms. The molecular weight excluding hydrogens is 212 g/mol. The van der Waals surface area contributed by atoms with E-state index >= 15 is 0 Å². The van der Waals surface area contributed by atoms with Crippen molar-refractivity contribution in [1.29, 1.82) is 0 Å². The van der Waals surface area contributed by atoms with E-state index < -0.39 is 6.35 Å². The first-order chi connectivity index (χ1) is 7.70. The van der Waals surface area contributed by atoms with E-state index in [1.807, 2.05) is 0 Å². The second-order valence-electron chi connectivity index (χ2n) is 3.72. The Balaban J connectivity index is 2.00. The Morgan fingerprint density at radius 3 is 3.12 bits per heavy atom. The quantitative estimate of drug-likeness (QED) is 0.426. The van der Waals surface area contributed by atoms with Crippen LogP contribution < -0.4 is 11.1 Å². The molecule has 90 valence electrons. The summed E-state index contributed by atoms with van der Waals surface area (Å²) in [6.07, 6.45) is 1.59. The molecule has 2 unspecified atom stereocenters. The maximum absolute atomic E-state index is 9.69. The van der Waals surface area contributed by atoms with E-state index in [1.54, 1.807) is 17.2 Å². The Morgan fingerprint density at radius 1 is 1.62 bits per heavy atom. The summed E-state index contributed by atoms with van der Waals surface area (Å²) in [6.45, 7) is 1.11. The van der Waals surface area contributed by atoms with Crippen LogP contribution in [0.5, 0.6) is 0 Å². The van der Waals surface area contributed by atoms with E-state index in [9.17, 15) is 5.11 Å². The first-order valence-electron chi connectivity index (χ1n) is 5.14. The van der Waals surface area contributed by atoms with Crippen LogP contribution in [0.15, 0.2) is 17.3 Å². The number of nitrogens with two attached hydrogens (primary N) is 1. The summed E-state index contributed by atoms with van der Waals surface area (Å²) in [4.78, 5) is 5.36. The molecule has 1 saturated heterocycles. The molecule has 0 aromatic rings. The number of rotatable bonds is 2. The van der Waals surface area contributed by atoms with E-state index in [-0.39, 0.29) is 24.8 Å². The van der Waals surface area contributed by atoms with Gasteiger partial charge in [0.1, 0.15) is 12.1 Å². The SMILES string of the molecule is NC1=NC(O)N(C2CNC[C@@H](CO)O2)C=C1. The number of hydrogen-bond donors (Lipinski definition) is 4. The van der Waals surface area contributed by atoms with Crippen LogP contribution in [0.3, 0.4) is 0 Å². The molecule has 5 N–H and O–H groups in total. The lowest BCUT2D eigenvalue weighted by Gasteiger charge is -2.39. The van der Waals surface area contributed by atoms with Gasteiger partial charge in [-0.25, -0.2) is 4.99 Å². The molecule has 0 aliphatic carbocycles. The molecule has 3 atom stereocenters. The van der Waals surface area contributed by atoms with Crippen molar-refractivity contribution in [2.75, 3.05) is 19.7 Å². The molecular formula is C9H16N4O3. The Labute approximate surface area is 93.2 Å². The van der Waals surface area contributed by atoms with Gasteiger partial charge >= 0.3 is 0 Å². The average Bonchev–Trinajstić information content (AvgIpc) is 2.29. The fourth-order valence-electron chi connectivity index (χ4n) is 1.70. The summed E-state index contributed by atoms with van der Waals surface area (Å²) >= 11 is 0. The van der Waals surface area contributed by atoms with Gasteiger partial charge < -0.3 is 30.9 Å². The zero-order chi connectivity index (χ0) is 11.5. The van der Waals surface area contributed by atoms with Gasteiger partial charge in [0.2, 0.25) is 6.35 Å². The first kappa shape index (κ1) is 11.3. The highest BCUT2D eigenvalue weighted by Crippen LogP contribution is 2.14. The molecule has 7 nitrogen and oxygen atoms in total. The van der Waals surface area contributed by atoms with Crippen molar-refractivity contribution >= 4 is 5.84 Å². The van der Waals surface area contributed by atoms with Gasteiger partial charge in [0, 0.05) is 19.3 Å². The summed E-state index contributed by atoms with van der Waals surface area (Å²) in [6, 6.07) is 0. The van der Waals surface area contributed by atoms with Gasteiger partial charge in [-0.05, 0) is 6.08 Å². The second-order valence-corrected chi connectivity index (χ2v) is 3.72. The largest absolute Gasteiger partial charge is 0.394 e. The number of aliphatic hydroxyl groups excluding tert-OH is 2. The van der Waals surface area contributed by atoms with E-state index in [0.29, 0.717) is 13.1 Å². The van der Waals surface area contributed by atoms with E-state index in [0.717, 1.165) is 0 Å². The van der Waals surface area contributed by atoms with Crippen LogP contribution in [-0.4, -0.2) is 59.3 Å². The van der Waals surface area contributed by atoms with Gasteiger partial charge in [-0.15, -0.1) is 0 Å². The monoisotopic (exact) mass is 228 g/mol. The topological polar surface area (TPSA) is 103 Å². The zero-order valence-electron chi connectivity index (χ0n) is 8.78. The first-order valence-corrected chi connectivity index (χ1v) is 5.14.